The number of halogens is 1. The van der Waals surface area contributed by atoms with Gasteiger partial charge in [-0.2, -0.15) is 0 Å². The Hall–Kier alpha value is -1.95. The van der Waals surface area contributed by atoms with Crippen molar-refractivity contribution in [2.24, 2.45) is 5.41 Å². The molecule has 3 aliphatic rings. The van der Waals surface area contributed by atoms with Gasteiger partial charge < -0.3 is 9.80 Å². The quantitative estimate of drug-likeness (QED) is 0.830. The summed E-state index contributed by atoms with van der Waals surface area (Å²) in [6.45, 7) is 4.16. The van der Waals surface area contributed by atoms with Gasteiger partial charge in [0.05, 0.1) is 5.92 Å². The van der Waals surface area contributed by atoms with Gasteiger partial charge in [-0.1, -0.05) is 6.07 Å². The molecule has 3 fully saturated rings. The minimum absolute atomic E-state index is 0.264. The highest BCUT2D eigenvalue weighted by atomic mass is 19.1. The van der Waals surface area contributed by atoms with E-state index in [4.69, 9.17) is 0 Å². The molecule has 1 aromatic rings. The third kappa shape index (κ3) is 2.41. The van der Waals surface area contributed by atoms with E-state index in [-0.39, 0.29) is 18.1 Å². The first-order chi connectivity index (χ1) is 11.0. The molecule has 0 aromatic heterocycles. The number of hydrogen-bond donors (Lipinski definition) is 1. The number of nitrogens with zero attached hydrogens (tertiary/aromatic N) is 2. The predicted octanol–water partition coefficient (Wildman–Crippen LogP) is 1.10. The van der Waals surface area contributed by atoms with Crippen LogP contribution in [0.25, 0.3) is 0 Å². The van der Waals surface area contributed by atoms with E-state index in [9.17, 15) is 14.0 Å². The highest BCUT2D eigenvalue weighted by Crippen LogP contribution is 2.41. The Morgan fingerprint density at radius 2 is 1.96 bits per heavy atom. The van der Waals surface area contributed by atoms with E-state index in [0.717, 1.165) is 31.9 Å². The number of likely N-dealkylation sites (tertiary alicyclic amines) is 1. The average molecular weight is 317 g/mol. The molecule has 4 rings (SSSR count). The first-order valence-electron chi connectivity index (χ1n) is 8.02. The van der Waals surface area contributed by atoms with Crippen LogP contribution in [0.5, 0.6) is 0 Å². The van der Waals surface area contributed by atoms with Gasteiger partial charge in [-0.15, -0.1) is 0 Å². The van der Waals surface area contributed by atoms with Crippen molar-refractivity contribution in [3.63, 3.8) is 0 Å². The average Bonchev–Trinajstić information content (AvgIpc) is 2.42. The molecule has 2 amide bonds. The molecule has 122 valence electrons. The summed E-state index contributed by atoms with van der Waals surface area (Å²) < 4.78 is 14.5. The molecule has 0 saturated carbocycles. The number of nitrogens with one attached hydrogen (secondary N) is 1. The lowest BCUT2D eigenvalue weighted by Gasteiger charge is -2.60. The van der Waals surface area contributed by atoms with Gasteiger partial charge in [0, 0.05) is 49.3 Å². The Bertz CT molecular complexity index is 676. The highest BCUT2D eigenvalue weighted by Gasteiger charge is 2.50. The third-order valence-corrected chi connectivity index (χ3v) is 5.23. The SMILES string of the molecule is CN1CC2(C1)CN(c1ccc(C3CCC(=O)NC3=O)c(F)c1)C2. The van der Waals surface area contributed by atoms with Crippen molar-refractivity contribution in [1.82, 2.24) is 10.2 Å². The van der Waals surface area contributed by atoms with Crippen molar-refractivity contribution < 1.29 is 14.0 Å². The van der Waals surface area contributed by atoms with E-state index in [0.29, 0.717) is 17.4 Å². The minimum atomic E-state index is -0.565. The molecule has 0 aliphatic carbocycles. The number of rotatable bonds is 2. The van der Waals surface area contributed by atoms with Crippen molar-refractivity contribution in [3.05, 3.63) is 29.6 Å². The zero-order valence-electron chi connectivity index (χ0n) is 13.1. The van der Waals surface area contributed by atoms with Crippen molar-refractivity contribution in [2.45, 2.75) is 18.8 Å². The molecule has 1 aromatic carbocycles. The Balaban J connectivity index is 1.47. The number of carbonyl (C=O) groups is 2. The van der Waals surface area contributed by atoms with Crippen LogP contribution in [-0.4, -0.2) is 49.9 Å². The number of amides is 2. The molecule has 1 unspecified atom stereocenters. The second-order valence-electron chi connectivity index (χ2n) is 7.24. The summed E-state index contributed by atoms with van der Waals surface area (Å²) in [5, 5.41) is 2.29. The Morgan fingerprint density at radius 1 is 1.22 bits per heavy atom. The summed E-state index contributed by atoms with van der Waals surface area (Å²) in [6.07, 6.45) is 0.639. The second-order valence-corrected chi connectivity index (χ2v) is 7.24. The van der Waals surface area contributed by atoms with Crippen LogP contribution in [0.1, 0.15) is 24.3 Å². The fraction of sp³-hybridized carbons (Fsp3) is 0.529. The maximum absolute atomic E-state index is 14.5. The van der Waals surface area contributed by atoms with Crippen LogP contribution >= 0.6 is 0 Å². The van der Waals surface area contributed by atoms with Gasteiger partial charge >= 0.3 is 0 Å². The molecule has 23 heavy (non-hydrogen) atoms. The van der Waals surface area contributed by atoms with Gasteiger partial charge in [-0.3, -0.25) is 14.9 Å². The predicted molar refractivity (Wildman–Crippen MR) is 83.7 cm³/mol. The molecule has 0 bridgehead atoms. The maximum Gasteiger partial charge on any atom is 0.234 e. The molecule has 1 N–H and O–H groups in total. The molecular formula is C17H20FN3O2. The monoisotopic (exact) mass is 317 g/mol. The molecule has 6 heteroatoms. The van der Waals surface area contributed by atoms with Crippen LogP contribution in [0, 0.1) is 11.2 Å². The zero-order chi connectivity index (χ0) is 16.2. The molecular weight excluding hydrogens is 297 g/mol. The van der Waals surface area contributed by atoms with E-state index >= 15 is 0 Å². The molecule has 1 atom stereocenters. The van der Waals surface area contributed by atoms with Crippen LogP contribution in [0.2, 0.25) is 0 Å². The number of hydrogen-bond acceptors (Lipinski definition) is 4. The smallest absolute Gasteiger partial charge is 0.234 e. The molecule has 3 heterocycles. The van der Waals surface area contributed by atoms with E-state index in [1.807, 2.05) is 6.07 Å². The highest BCUT2D eigenvalue weighted by molar-refractivity contribution is 6.01. The topological polar surface area (TPSA) is 52.6 Å². The van der Waals surface area contributed by atoms with Crippen LogP contribution in [-0.2, 0) is 9.59 Å². The maximum atomic E-state index is 14.5. The lowest BCUT2D eigenvalue weighted by atomic mass is 9.73. The lowest BCUT2D eigenvalue weighted by molar-refractivity contribution is -0.134. The van der Waals surface area contributed by atoms with Gasteiger partial charge in [0.15, 0.2) is 0 Å². The zero-order valence-corrected chi connectivity index (χ0v) is 13.1. The third-order valence-electron chi connectivity index (χ3n) is 5.23. The fourth-order valence-electron chi connectivity index (χ4n) is 4.23. The fourth-order valence-corrected chi connectivity index (χ4v) is 4.23. The number of carbonyl (C=O) groups excluding carboxylic acids is 2. The standard InChI is InChI=1S/C17H20FN3O2/c1-20-7-17(8-20)9-21(10-17)11-2-3-12(14(18)6-11)13-4-5-15(22)19-16(13)23/h2-3,6,13H,4-5,7-10H2,1H3,(H,19,22,23). The number of benzene rings is 1. The Labute approximate surface area is 134 Å². The summed E-state index contributed by atoms with van der Waals surface area (Å²) in [5.74, 6) is -1.60. The summed E-state index contributed by atoms with van der Waals surface area (Å²) in [5.41, 5.74) is 1.66. The summed E-state index contributed by atoms with van der Waals surface area (Å²) in [6, 6.07) is 5.11. The summed E-state index contributed by atoms with van der Waals surface area (Å²) >= 11 is 0. The van der Waals surface area contributed by atoms with E-state index in [2.05, 4.69) is 22.2 Å². The first kappa shape index (κ1) is 14.6. The lowest BCUT2D eigenvalue weighted by Crippen LogP contribution is -2.71. The second kappa shape index (κ2) is 5.03. The van der Waals surface area contributed by atoms with Gasteiger partial charge in [0.1, 0.15) is 5.82 Å². The van der Waals surface area contributed by atoms with Gasteiger partial charge in [-0.25, -0.2) is 4.39 Å². The molecule has 5 nitrogen and oxygen atoms in total. The number of anilines is 1. The van der Waals surface area contributed by atoms with Crippen molar-refractivity contribution in [1.29, 1.82) is 0 Å². The van der Waals surface area contributed by atoms with E-state index < -0.39 is 11.8 Å². The summed E-state index contributed by atoms with van der Waals surface area (Å²) in [7, 11) is 2.11. The Morgan fingerprint density at radius 3 is 2.57 bits per heavy atom. The van der Waals surface area contributed by atoms with E-state index in [1.165, 1.54) is 6.07 Å². The van der Waals surface area contributed by atoms with Crippen LogP contribution in [0.4, 0.5) is 10.1 Å². The van der Waals surface area contributed by atoms with Crippen molar-refractivity contribution in [3.8, 4) is 0 Å². The molecule has 3 aliphatic heterocycles. The normalized spacial score (nSPS) is 26.7. The molecule has 1 spiro atoms. The van der Waals surface area contributed by atoms with Gasteiger partial charge in [0.25, 0.3) is 0 Å². The number of imide groups is 1. The van der Waals surface area contributed by atoms with Crippen molar-refractivity contribution in [2.75, 3.05) is 38.1 Å². The molecule has 3 saturated heterocycles. The first-order valence-corrected chi connectivity index (χ1v) is 8.02. The van der Waals surface area contributed by atoms with Crippen LogP contribution in [0.15, 0.2) is 18.2 Å². The van der Waals surface area contributed by atoms with E-state index in [1.54, 1.807) is 6.07 Å². The van der Waals surface area contributed by atoms with Crippen LogP contribution in [0.3, 0.4) is 0 Å². The van der Waals surface area contributed by atoms with Crippen molar-refractivity contribution >= 4 is 17.5 Å². The largest absolute Gasteiger partial charge is 0.370 e. The molecule has 0 radical (unpaired) electrons. The van der Waals surface area contributed by atoms with Gasteiger partial charge in [-0.05, 0) is 25.6 Å². The van der Waals surface area contributed by atoms with Crippen LogP contribution < -0.4 is 10.2 Å². The minimum Gasteiger partial charge on any atom is -0.370 e. The Kier molecular flexibility index (Phi) is 3.20. The number of piperidine rings is 1. The van der Waals surface area contributed by atoms with Gasteiger partial charge in [0.2, 0.25) is 11.8 Å². The summed E-state index contributed by atoms with van der Waals surface area (Å²) in [4.78, 5) is 27.6.